The molecule has 0 N–H and O–H groups in total. The molecule has 4 heteroatoms. The largest absolute Gasteiger partial charge is 0.438 e. The zero-order valence-electron chi connectivity index (χ0n) is 12.8. The number of hydrogen-bond donors (Lipinski definition) is 0. The number of nitrogens with zero attached hydrogens (tertiary/aromatic N) is 2. The maximum Gasteiger partial charge on any atom is 0.231 e. The highest BCUT2D eigenvalue weighted by Crippen LogP contribution is 2.34. The fourth-order valence-electron chi connectivity index (χ4n) is 2.41. The Morgan fingerprint density at radius 3 is 2.59 bits per heavy atom. The third-order valence-corrected chi connectivity index (χ3v) is 3.71. The van der Waals surface area contributed by atoms with E-state index in [4.69, 9.17) is 16.3 Å². The molecule has 3 rings (SSSR count). The highest BCUT2D eigenvalue weighted by atomic mass is 35.5. The van der Waals surface area contributed by atoms with E-state index in [0.717, 1.165) is 27.8 Å². The number of para-hydroxylation sites is 1. The molecule has 0 aliphatic rings. The topological polar surface area (TPSA) is 35.0 Å². The molecule has 3 aromatic rings. The first kappa shape index (κ1) is 14.8. The summed E-state index contributed by atoms with van der Waals surface area (Å²) in [5.41, 5.74) is 3.06. The van der Waals surface area contributed by atoms with Crippen molar-refractivity contribution in [2.45, 2.75) is 26.7 Å². The fourth-order valence-corrected chi connectivity index (χ4v) is 2.58. The van der Waals surface area contributed by atoms with Crippen LogP contribution >= 0.6 is 11.6 Å². The van der Waals surface area contributed by atoms with Crippen LogP contribution in [0.4, 0.5) is 0 Å². The molecule has 0 saturated carbocycles. The van der Waals surface area contributed by atoms with E-state index in [-0.39, 0.29) is 5.28 Å². The van der Waals surface area contributed by atoms with Crippen LogP contribution in [0, 0.1) is 6.92 Å². The molecule has 22 heavy (non-hydrogen) atoms. The Bertz CT molecular complexity index is 830. The van der Waals surface area contributed by atoms with Crippen molar-refractivity contribution >= 4 is 22.5 Å². The van der Waals surface area contributed by atoms with Crippen molar-refractivity contribution in [3.63, 3.8) is 0 Å². The molecule has 0 radical (unpaired) electrons. The standard InChI is InChI=1S/C18H17ClN2O/c1-11(2)13-9-8-12(3)10-16(13)22-17-14-6-4-5-7-15(14)20-18(19)21-17/h4-11H,1-3H3. The van der Waals surface area contributed by atoms with Gasteiger partial charge in [0.25, 0.3) is 0 Å². The van der Waals surface area contributed by atoms with E-state index >= 15 is 0 Å². The molecule has 0 fully saturated rings. The third kappa shape index (κ3) is 2.90. The van der Waals surface area contributed by atoms with Crippen molar-refractivity contribution in [1.29, 1.82) is 0 Å². The van der Waals surface area contributed by atoms with Gasteiger partial charge in [-0.3, -0.25) is 0 Å². The van der Waals surface area contributed by atoms with Crippen molar-refractivity contribution < 1.29 is 4.74 Å². The molecular weight excluding hydrogens is 296 g/mol. The smallest absolute Gasteiger partial charge is 0.231 e. The molecule has 0 aliphatic carbocycles. The van der Waals surface area contributed by atoms with Gasteiger partial charge < -0.3 is 4.74 Å². The summed E-state index contributed by atoms with van der Waals surface area (Å²) in [4.78, 5) is 8.49. The highest BCUT2D eigenvalue weighted by molar-refractivity contribution is 6.28. The molecule has 0 spiro atoms. The molecule has 0 unspecified atom stereocenters. The van der Waals surface area contributed by atoms with E-state index in [1.54, 1.807) is 0 Å². The van der Waals surface area contributed by atoms with Gasteiger partial charge in [0, 0.05) is 0 Å². The van der Waals surface area contributed by atoms with Gasteiger partial charge in [-0.2, -0.15) is 4.98 Å². The van der Waals surface area contributed by atoms with Gasteiger partial charge in [-0.25, -0.2) is 4.98 Å². The summed E-state index contributed by atoms with van der Waals surface area (Å²) in [5, 5.41) is 1.04. The van der Waals surface area contributed by atoms with Gasteiger partial charge in [0.15, 0.2) is 0 Å². The van der Waals surface area contributed by atoms with Crippen LogP contribution in [0.15, 0.2) is 42.5 Å². The Morgan fingerprint density at radius 1 is 1.05 bits per heavy atom. The Kier molecular flexibility index (Phi) is 3.99. The first-order chi connectivity index (χ1) is 10.5. The first-order valence-electron chi connectivity index (χ1n) is 7.25. The predicted molar refractivity (Wildman–Crippen MR) is 89.9 cm³/mol. The summed E-state index contributed by atoms with van der Waals surface area (Å²) in [6.07, 6.45) is 0. The molecule has 1 heterocycles. The number of fused-ring (bicyclic) bond motifs is 1. The molecule has 1 aromatic heterocycles. The van der Waals surface area contributed by atoms with Gasteiger partial charge in [-0.1, -0.05) is 38.1 Å². The van der Waals surface area contributed by atoms with Gasteiger partial charge in [0.2, 0.25) is 11.2 Å². The van der Waals surface area contributed by atoms with Crippen molar-refractivity contribution in [2.24, 2.45) is 0 Å². The lowest BCUT2D eigenvalue weighted by atomic mass is 10.0. The van der Waals surface area contributed by atoms with Crippen molar-refractivity contribution in [3.8, 4) is 11.6 Å². The molecule has 0 atom stereocenters. The third-order valence-electron chi connectivity index (χ3n) is 3.54. The number of aryl methyl sites for hydroxylation is 1. The molecule has 3 nitrogen and oxygen atoms in total. The van der Waals surface area contributed by atoms with E-state index in [1.165, 1.54) is 0 Å². The summed E-state index contributed by atoms with van der Waals surface area (Å²) in [5.74, 6) is 1.66. The lowest BCUT2D eigenvalue weighted by Gasteiger charge is -2.15. The van der Waals surface area contributed by atoms with E-state index in [2.05, 4.69) is 35.9 Å². The van der Waals surface area contributed by atoms with Crippen LogP contribution in [-0.4, -0.2) is 9.97 Å². The first-order valence-corrected chi connectivity index (χ1v) is 7.63. The van der Waals surface area contributed by atoms with Gasteiger partial charge >= 0.3 is 0 Å². The molecule has 2 aromatic carbocycles. The molecule has 112 valence electrons. The van der Waals surface area contributed by atoms with Crippen LogP contribution in [0.1, 0.15) is 30.9 Å². The monoisotopic (exact) mass is 312 g/mol. The molecular formula is C18H17ClN2O. The second kappa shape index (κ2) is 5.93. The van der Waals surface area contributed by atoms with E-state index in [1.807, 2.05) is 37.3 Å². The van der Waals surface area contributed by atoms with Crippen LogP contribution in [0.5, 0.6) is 11.6 Å². The summed E-state index contributed by atoms with van der Waals surface area (Å²) < 4.78 is 6.11. The Hall–Kier alpha value is -2.13. The number of benzene rings is 2. The van der Waals surface area contributed by atoms with Crippen molar-refractivity contribution in [2.75, 3.05) is 0 Å². The number of aromatic nitrogens is 2. The van der Waals surface area contributed by atoms with E-state index in [0.29, 0.717) is 11.8 Å². The minimum atomic E-state index is 0.187. The summed E-state index contributed by atoms with van der Waals surface area (Å²) in [7, 11) is 0. The Morgan fingerprint density at radius 2 is 1.82 bits per heavy atom. The molecule has 0 aliphatic heterocycles. The maximum atomic E-state index is 6.11. The lowest BCUT2D eigenvalue weighted by molar-refractivity contribution is 0.459. The second-order valence-corrected chi connectivity index (χ2v) is 5.95. The summed E-state index contributed by atoms with van der Waals surface area (Å²) >= 11 is 6.02. The van der Waals surface area contributed by atoms with Crippen LogP contribution in [0.2, 0.25) is 5.28 Å². The quantitative estimate of drug-likeness (QED) is 0.598. The molecule has 0 bridgehead atoms. The lowest BCUT2D eigenvalue weighted by Crippen LogP contribution is -1.98. The Balaban J connectivity index is 2.13. The van der Waals surface area contributed by atoms with Crippen molar-refractivity contribution in [3.05, 3.63) is 58.9 Å². The van der Waals surface area contributed by atoms with Crippen LogP contribution in [0.25, 0.3) is 10.9 Å². The van der Waals surface area contributed by atoms with Crippen LogP contribution in [-0.2, 0) is 0 Å². The van der Waals surface area contributed by atoms with Crippen LogP contribution in [0.3, 0.4) is 0 Å². The average Bonchev–Trinajstić information content (AvgIpc) is 2.46. The van der Waals surface area contributed by atoms with Gasteiger partial charge in [0.1, 0.15) is 5.75 Å². The van der Waals surface area contributed by atoms with E-state index < -0.39 is 0 Å². The minimum Gasteiger partial charge on any atom is -0.438 e. The normalized spacial score (nSPS) is 11.1. The van der Waals surface area contributed by atoms with Crippen LogP contribution < -0.4 is 4.74 Å². The van der Waals surface area contributed by atoms with E-state index in [9.17, 15) is 0 Å². The number of rotatable bonds is 3. The zero-order valence-corrected chi connectivity index (χ0v) is 13.6. The minimum absolute atomic E-state index is 0.187. The summed E-state index contributed by atoms with van der Waals surface area (Å²) in [6.45, 7) is 6.33. The molecule has 0 amide bonds. The fraction of sp³-hybridized carbons (Fsp3) is 0.222. The second-order valence-electron chi connectivity index (χ2n) is 5.61. The van der Waals surface area contributed by atoms with Gasteiger partial charge in [-0.15, -0.1) is 0 Å². The number of hydrogen-bond acceptors (Lipinski definition) is 3. The SMILES string of the molecule is Cc1ccc(C(C)C)c(Oc2nc(Cl)nc3ccccc23)c1. The number of halogens is 1. The zero-order chi connectivity index (χ0) is 15.7. The Labute approximate surface area is 134 Å². The molecule has 0 saturated heterocycles. The van der Waals surface area contributed by atoms with Gasteiger partial charge in [-0.05, 0) is 53.8 Å². The van der Waals surface area contributed by atoms with Gasteiger partial charge in [0.05, 0.1) is 10.9 Å². The predicted octanol–water partition coefficient (Wildman–Crippen LogP) is 5.51. The maximum absolute atomic E-state index is 6.11. The highest BCUT2D eigenvalue weighted by Gasteiger charge is 2.13. The van der Waals surface area contributed by atoms with Crippen molar-refractivity contribution in [1.82, 2.24) is 9.97 Å². The summed E-state index contributed by atoms with van der Waals surface area (Å²) in [6, 6.07) is 13.9. The number of ether oxygens (including phenoxy) is 1. The average molecular weight is 313 g/mol.